The van der Waals surface area contributed by atoms with Gasteiger partial charge in [-0.2, -0.15) is 0 Å². The Morgan fingerprint density at radius 2 is 2.04 bits per heavy atom. The van der Waals surface area contributed by atoms with Crippen molar-refractivity contribution >= 4 is 34.8 Å². The van der Waals surface area contributed by atoms with Gasteiger partial charge in [-0.05, 0) is 18.6 Å². The number of nitrogens with two attached hydrogens (primary N) is 1. The van der Waals surface area contributed by atoms with Gasteiger partial charge in [-0.15, -0.1) is 0 Å². The van der Waals surface area contributed by atoms with Crippen LogP contribution >= 0.6 is 11.6 Å². The summed E-state index contributed by atoms with van der Waals surface area (Å²) in [5.74, 6) is 0.378. The average molecular weight is 351 g/mol. The first-order chi connectivity index (χ1) is 11.6. The van der Waals surface area contributed by atoms with Gasteiger partial charge in [0.15, 0.2) is 11.6 Å². The van der Waals surface area contributed by atoms with Crippen LogP contribution in [0.1, 0.15) is 16.8 Å². The zero-order valence-corrected chi connectivity index (χ0v) is 13.9. The van der Waals surface area contributed by atoms with Crippen molar-refractivity contribution in [3.63, 3.8) is 0 Å². The van der Waals surface area contributed by atoms with Gasteiger partial charge in [-0.25, -0.2) is 9.97 Å². The molecule has 8 nitrogen and oxygen atoms in total. The monoisotopic (exact) mass is 350 g/mol. The number of rotatable bonds is 8. The van der Waals surface area contributed by atoms with E-state index in [0.717, 1.165) is 6.42 Å². The summed E-state index contributed by atoms with van der Waals surface area (Å²) in [6, 6.07) is 6.72. The Hall–Kier alpha value is -2.58. The summed E-state index contributed by atoms with van der Waals surface area (Å²) in [5, 5.41) is 3.44. The minimum absolute atomic E-state index is 0.291. The second kappa shape index (κ2) is 8.90. The van der Waals surface area contributed by atoms with Gasteiger partial charge in [-0.3, -0.25) is 15.6 Å². The number of hydrogen-bond donors (Lipinski definition) is 4. The standard InChI is InChI=1S/C15H19ClN6O2/c1-24-8-4-7-18-13-12(17)14(20-9-19-13)21-22-15(23)10-5-2-3-6-11(10)16/h2-3,5-6,9H,4,7-8,17H2,1H3,(H,22,23)(H2,18,19,20,21). The fourth-order valence-electron chi connectivity index (χ4n) is 1.89. The van der Waals surface area contributed by atoms with Crippen LogP contribution in [-0.4, -0.2) is 36.1 Å². The molecule has 0 aliphatic heterocycles. The van der Waals surface area contributed by atoms with Crippen molar-refractivity contribution < 1.29 is 9.53 Å². The maximum Gasteiger partial charge on any atom is 0.271 e. The maximum atomic E-state index is 12.1. The number of hydrogen-bond acceptors (Lipinski definition) is 7. The second-order valence-electron chi connectivity index (χ2n) is 4.82. The van der Waals surface area contributed by atoms with Crippen molar-refractivity contribution in [2.24, 2.45) is 0 Å². The molecule has 0 radical (unpaired) electrons. The minimum Gasteiger partial charge on any atom is -0.393 e. The van der Waals surface area contributed by atoms with Gasteiger partial charge in [0.1, 0.15) is 12.0 Å². The SMILES string of the molecule is COCCCNc1ncnc(NNC(=O)c2ccccc2Cl)c1N. The number of halogens is 1. The molecule has 128 valence electrons. The van der Waals surface area contributed by atoms with Gasteiger partial charge >= 0.3 is 0 Å². The smallest absolute Gasteiger partial charge is 0.271 e. The molecule has 1 aromatic heterocycles. The van der Waals surface area contributed by atoms with E-state index >= 15 is 0 Å². The van der Waals surface area contributed by atoms with Crippen molar-refractivity contribution in [1.82, 2.24) is 15.4 Å². The van der Waals surface area contributed by atoms with Crippen LogP contribution < -0.4 is 21.9 Å². The van der Waals surface area contributed by atoms with Gasteiger partial charge in [0, 0.05) is 20.3 Å². The Labute approximate surface area is 144 Å². The molecule has 0 bridgehead atoms. The lowest BCUT2D eigenvalue weighted by Crippen LogP contribution is -2.30. The van der Waals surface area contributed by atoms with Gasteiger partial charge in [0.2, 0.25) is 0 Å². The largest absolute Gasteiger partial charge is 0.393 e. The van der Waals surface area contributed by atoms with Crippen LogP contribution in [0.15, 0.2) is 30.6 Å². The van der Waals surface area contributed by atoms with Crippen molar-refractivity contribution in [2.45, 2.75) is 6.42 Å². The number of nitrogens with one attached hydrogen (secondary N) is 3. The lowest BCUT2D eigenvalue weighted by molar-refractivity contribution is 0.0962. The number of anilines is 3. The number of ether oxygens (including phenoxy) is 1. The van der Waals surface area contributed by atoms with Crippen LogP contribution in [-0.2, 0) is 4.74 Å². The van der Waals surface area contributed by atoms with Gasteiger partial charge in [0.05, 0.1) is 10.6 Å². The number of carbonyl (C=O) groups excluding carboxylic acids is 1. The number of carbonyl (C=O) groups is 1. The van der Waals surface area contributed by atoms with E-state index in [1.165, 1.54) is 6.33 Å². The van der Waals surface area contributed by atoms with E-state index in [-0.39, 0.29) is 0 Å². The number of aromatic nitrogens is 2. The minimum atomic E-state index is -0.395. The maximum absolute atomic E-state index is 12.1. The molecule has 2 aromatic rings. The van der Waals surface area contributed by atoms with Crippen LogP contribution in [0.5, 0.6) is 0 Å². The van der Waals surface area contributed by atoms with Crippen molar-refractivity contribution in [3.05, 3.63) is 41.2 Å². The van der Waals surface area contributed by atoms with E-state index in [0.29, 0.717) is 41.1 Å². The molecule has 1 heterocycles. The summed E-state index contributed by atoms with van der Waals surface area (Å²) in [6.45, 7) is 1.29. The Bertz CT molecular complexity index is 697. The summed E-state index contributed by atoms with van der Waals surface area (Å²) < 4.78 is 4.98. The van der Waals surface area contributed by atoms with E-state index in [9.17, 15) is 4.79 Å². The molecule has 0 fully saturated rings. The summed E-state index contributed by atoms with van der Waals surface area (Å²) in [4.78, 5) is 20.2. The second-order valence-corrected chi connectivity index (χ2v) is 5.22. The van der Waals surface area contributed by atoms with Crippen molar-refractivity contribution in [2.75, 3.05) is 36.7 Å². The third-order valence-electron chi connectivity index (χ3n) is 3.11. The normalized spacial score (nSPS) is 10.2. The van der Waals surface area contributed by atoms with E-state index in [1.807, 2.05) is 0 Å². The topological polar surface area (TPSA) is 114 Å². The van der Waals surface area contributed by atoms with Crippen molar-refractivity contribution in [3.8, 4) is 0 Å². The van der Waals surface area contributed by atoms with E-state index in [2.05, 4.69) is 26.1 Å². The van der Waals surface area contributed by atoms with E-state index in [4.69, 9.17) is 22.1 Å². The molecule has 2 rings (SSSR count). The van der Waals surface area contributed by atoms with Crippen LogP contribution in [0.25, 0.3) is 0 Å². The molecule has 9 heteroatoms. The third-order valence-corrected chi connectivity index (χ3v) is 3.44. The highest BCUT2D eigenvalue weighted by Gasteiger charge is 2.11. The highest BCUT2D eigenvalue weighted by atomic mass is 35.5. The molecule has 1 aromatic carbocycles. The van der Waals surface area contributed by atoms with E-state index in [1.54, 1.807) is 31.4 Å². The van der Waals surface area contributed by atoms with Gasteiger partial charge < -0.3 is 15.8 Å². The Balaban J connectivity index is 1.97. The number of methoxy groups -OCH3 is 1. The Morgan fingerprint density at radius 3 is 2.79 bits per heavy atom. The average Bonchev–Trinajstić information content (AvgIpc) is 2.59. The number of nitrogen functional groups attached to an aromatic ring is 1. The molecule has 0 aliphatic carbocycles. The third kappa shape index (κ3) is 4.71. The molecule has 0 spiro atoms. The lowest BCUT2D eigenvalue weighted by Gasteiger charge is -2.13. The molecule has 0 aliphatic rings. The fourth-order valence-corrected chi connectivity index (χ4v) is 2.11. The molecule has 1 amide bonds. The van der Waals surface area contributed by atoms with Crippen molar-refractivity contribution in [1.29, 1.82) is 0 Å². The quantitative estimate of drug-likeness (QED) is 0.424. The molecule has 0 saturated heterocycles. The Kier molecular flexibility index (Phi) is 6.59. The Morgan fingerprint density at radius 1 is 1.29 bits per heavy atom. The van der Waals surface area contributed by atoms with Gasteiger partial charge in [-0.1, -0.05) is 23.7 Å². The molecule has 0 unspecified atom stereocenters. The zero-order valence-electron chi connectivity index (χ0n) is 13.2. The highest BCUT2D eigenvalue weighted by molar-refractivity contribution is 6.33. The zero-order chi connectivity index (χ0) is 17.4. The van der Waals surface area contributed by atoms with Crippen LogP contribution in [0.2, 0.25) is 5.02 Å². The highest BCUT2D eigenvalue weighted by Crippen LogP contribution is 2.22. The van der Waals surface area contributed by atoms with Crippen LogP contribution in [0.3, 0.4) is 0 Å². The first-order valence-electron chi connectivity index (χ1n) is 7.27. The molecular weight excluding hydrogens is 332 g/mol. The first kappa shape index (κ1) is 17.8. The van der Waals surface area contributed by atoms with Crippen LogP contribution in [0.4, 0.5) is 17.3 Å². The molecule has 5 N–H and O–H groups in total. The number of nitrogens with zero attached hydrogens (tertiary/aromatic N) is 2. The lowest BCUT2D eigenvalue weighted by atomic mass is 10.2. The summed E-state index contributed by atoms with van der Waals surface area (Å²) in [5.41, 5.74) is 11.8. The summed E-state index contributed by atoms with van der Waals surface area (Å²) in [7, 11) is 1.64. The molecular formula is C15H19ClN6O2. The van der Waals surface area contributed by atoms with E-state index < -0.39 is 5.91 Å². The summed E-state index contributed by atoms with van der Waals surface area (Å²) in [6.07, 6.45) is 2.16. The number of amides is 1. The van der Waals surface area contributed by atoms with Gasteiger partial charge in [0.25, 0.3) is 5.91 Å². The number of hydrazine groups is 1. The molecule has 0 saturated carbocycles. The summed E-state index contributed by atoms with van der Waals surface area (Å²) >= 11 is 5.98. The first-order valence-corrected chi connectivity index (χ1v) is 7.65. The van der Waals surface area contributed by atoms with Crippen LogP contribution in [0, 0.1) is 0 Å². The predicted molar refractivity (Wildman–Crippen MR) is 94.0 cm³/mol. The number of benzene rings is 1. The predicted octanol–water partition coefficient (Wildman–Crippen LogP) is 1.92. The fraction of sp³-hybridized carbons (Fsp3) is 0.267. The molecule has 0 atom stereocenters. The molecule has 24 heavy (non-hydrogen) atoms.